The number of fused-ring (bicyclic) bond motifs is 1. The number of pyridine rings is 1. The van der Waals surface area contributed by atoms with Gasteiger partial charge in [-0.15, -0.1) is 0 Å². The third-order valence-electron chi connectivity index (χ3n) is 3.46. The summed E-state index contributed by atoms with van der Waals surface area (Å²) in [6.45, 7) is 1.17. The van der Waals surface area contributed by atoms with Crippen LogP contribution in [0.2, 0.25) is 0 Å². The predicted molar refractivity (Wildman–Crippen MR) is 75.6 cm³/mol. The maximum Gasteiger partial charge on any atom is 0.339 e. The highest BCUT2D eigenvalue weighted by atomic mass is 32.2. The summed E-state index contributed by atoms with van der Waals surface area (Å²) in [5.74, 6) is 0.108. The molecule has 3 rings (SSSR count). The summed E-state index contributed by atoms with van der Waals surface area (Å²) in [5.41, 5.74) is 1.45. The predicted octanol–water partition coefficient (Wildman–Crippen LogP) is 0.235. The van der Waals surface area contributed by atoms with Gasteiger partial charge in [0.1, 0.15) is 5.56 Å². The van der Waals surface area contributed by atoms with E-state index in [1.165, 1.54) is 6.20 Å². The molecule has 1 N–H and O–H groups in total. The second-order valence-corrected chi connectivity index (χ2v) is 6.36. The van der Waals surface area contributed by atoms with Crippen LogP contribution in [0, 0.1) is 0 Å². The first-order valence-electron chi connectivity index (χ1n) is 6.22. The molecule has 20 heavy (non-hydrogen) atoms. The quantitative estimate of drug-likeness (QED) is 0.853. The molecule has 0 radical (unpaired) electrons. The normalized spacial score (nSPS) is 16.8. The summed E-state index contributed by atoms with van der Waals surface area (Å²) < 4.78 is 13.1. The van der Waals surface area contributed by atoms with Gasteiger partial charge >= 0.3 is 5.97 Å². The van der Waals surface area contributed by atoms with Crippen molar-refractivity contribution in [2.24, 2.45) is 7.05 Å². The molecule has 8 heteroatoms. The fourth-order valence-electron chi connectivity index (χ4n) is 2.44. The van der Waals surface area contributed by atoms with Crippen molar-refractivity contribution in [1.29, 1.82) is 0 Å². The van der Waals surface area contributed by atoms with Crippen LogP contribution in [-0.2, 0) is 17.8 Å². The SMILES string of the molecule is Cn1ncc2c(N3CCS(=O)CC3)c(C(=O)O)cnc21. The van der Waals surface area contributed by atoms with Crippen LogP contribution in [0.4, 0.5) is 5.69 Å². The van der Waals surface area contributed by atoms with E-state index in [0.717, 1.165) is 5.39 Å². The Labute approximate surface area is 117 Å². The molecule has 0 unspecified atom stereocenters. The van der Waals surface area contributed by atoms with E-state index in [1.807, 2.05) is 4.90 Å². The lowest BCUT2D eigenvalue weighted by molar-refractivity contribution is 0.0697. The van der Waals surface area contributed by atoms with Crippen molar-refractivity contribution in [2.45, 2.75) is 0 Å². The van der Waals surface area contributed by atoms with Gasteiger partial charge in [-0.05, 0) is 0 Å². The van der Waals surface area contributed by atoms with Gasteiger partial charge < -0.3 is 10.0 Å². The summed E-state index contributed by atoms with van der Waals surface area (Å²) in [4.78, 5) is 17.6. The van der Waals surface area contributed by atoms with Gasteiger partial charge in [0.15, 0.2) is 5.65 Å². The fraction of sp³-hybridized carbons (Fsp3) is 0.417. The lowest BCUT2D eigenvalue weighted by Gasteiger charge is -2.29. The molecule has 3 heterocycles. The smallest absolute Gasteiger partial charge is 0.339 e. The maximum atomic E-state index is 11.5. The molecule has 0 saturated carbocycles. The Bertz CT molecular complexity index is 702. The third-order valence-corrected chi connectivity index (χ3v) is 4.73. The number of aryl methyl sites for hydroxylation is 1. The molecule has 1 aliphatic heterocycles. The number of hydrogen-bond acceptors (Lipinski definition) is 5. The minimum Gasteiger partial charge on any atom is -0.478 e. The molecule has 0 bridgehead atoms. The summed E-state index contributed by atoms with van der Waals surface area (Å²) in [5, 5.41) is 14.2. The summed E-state index contributed by atoms with van der Waals surface area (Å²) in [6.07, 6.45) is 3.00. The molecule has 2 aromatic rings. The van der Waals surface area contributed by atoms with Gasteiger partial charge in [0.2, 0.25) is 0 Å². The topological polar surface area (TPSA) is 88.3 Å². The van der Waals surface area contributed by atoms with Crippen molar-refractivity contribution in [3.8, 4) is 0 Å². The Morgan fingerprint density at radius 1 is 1.35 bits per heavy atom. The first-order chi connectivity index (χ1) is 9.58. The lowest BCUT2D eigenvalue weighted by atomic mass is 10.1. The fourth-order valence-corrected chi connectivity index (χ4v) is 3.49. The highest BCUT2D eigenvalue weighted by Gasteiger charge is 2.24. The molecule has 1 saturated heterocycles. The Morgan fingerprint density at radius 3 is 2.70 bits per heavy atom. The molecule has 0 aromatic carbocycles. The third kappa shape index (κ3) is 2.05. The number of carboxylic acid groups (broad SMARTS) is 1. The van der Waals surface area contributed by atoms with Crippen LogP contribution in [0.5, 0.6) is 0 Å². The Hall–Kier alpha value is -1.96. The minimum atomic E-state index is -1.01. The van der Waals surface area contributed by atoms with Gasteiger partial charge in [-0.3, -0.25) is 8.89 Å². The average Bonchev–Trinajstić information content (AvgIpc) is 2.80. The molecule has 0 atom stereocenters. The number of hydrogen-bond donors (Lipinski definition) is 1. The van der Waals surface area contributed by atoms with Gasteiger partial charge in [-0.25, -0.2) is 9.78 Å². The van der Waals surface area contributed by atoms with Crippen LogP contribution >= 0.6 is 0 Å². The van der Waals surface area contributed by atoms with Crippen LogP contribution < -0.4 is 4.90 Å². The number of rotatable bonds is 2. The van der Waals surface area contributed by atoms with E-state index in [0.29, 0.717) is 35.9 Å². The number of nitrogens with zero attached hydrogens (tertiary/aromatic N) is 4. The Balaban J connectivity index is 2.17. The van der Waals surface area contributed by atoms with Gasteiger partial charge in [-0.1, -0.05) is 0 Å². The van der Waals surface area contributed by atoms with Gasteiger partial charge in [-0.2, -0.15) is 5.10 Å². The molecule has 0 aliphatic carbocycles. The van der Waals surface area contributed by atoms with Gasteiger partial charge in [0.25, 0.3) is 0 Å². The van der Waals surface area contributed by atoms with Crippen LogP contribution in [0.15, 0.2) is 12.4 Å². The van der Waals surface area contributed by atoms with Gasteiger partial charge in [0, 0.05) is 48.6 Å². The molecular weight excluding hydrogens is 280 g/mol. The van der Waals surface area contributed by atoms with Crippen molar-refractivity contribution in [2.75, 3.05) is 29.5 Å². The molecular formula is C12H14N4O3S. The number of carbonyl (C=O) groups is 1. The van der Waals surface area contributed by atoms with E-state index in [-0.39, 0.29) is 5.56 Å². The molecule has 0 spiro atoms. The van der Waals surface area contributed by atoms with Crippen molar-refractivity contribution in [1.82, 2.24) is 14.8 Å². The molecule has 1 fully saturated rings. The van der Waals surface area contributed by atoms with Crippen molar-refractivity contribution >= 4 is 33.5 Å². The molecule has 2 aromatic heterocycles. The van der Waals surface area contributed by atoms with Crippen molar-refractivity contribution in [3.05, 3.63) is 18.0 Å². The molecule has 1 aliphatic rings. The summed E-state index contributed by atoms with van der Waals surface area (Å²) >= 11 is 0. The molecule has 106 valence electrons. The second kappa shape index (κ2) is 4.86. The van der Waals surface area contributed by atoms with Crippen molar-refractivity contribution < 1.29 is 14.1 Å². The zero-order chi connectivity index (χ0) is 14.3. The standard InChI is InChI=1S/C12H14N4O3S/c1-15-11-8(7-14-15)10(9(6-13-11)12(17)18)16-2-4-20(19)5-3-16/h6-7H,2-5H2,1H3,(H,17,18). The second-order valence-electron chi connectivity index (χ2n) is 4.67. The van der Waals surface area contributed by atoms with E-state index in [9.17, 15) is 14.1 Å². The first-order valence-corrected chi connectivity index (χ1v) is 7.70. The van der Waals surface area contributed by atoms with Gasteiger partial charge in [0.05, 0.1) is 17.3 Å². The number of carboxylic acids is 1. The Kier molecular flexibility index (Phi) is 3.17. The van der Waals surface area contributed by atoms with Crippen LogP contribution in [0.3, 0.4) is 0 Å². The van der Waals surface area contributed by atoms with Crippen LogP contribution in [-0.4, -0.2) is 54.6 Å². The number of anilines is 1. The average molecular weight is 294 g/mol. The summed E-state index contributed by atoms with van der Waals surface area (Å²) in [7, 11) is 0.963. The molecule has 7 nitrogen and oxygen atoms in total. The number of aromatic nitrogens is 3. The molecule has 0 amide bonds. The highest BCUT2D eigenvalue weighted by Crippen LogP contribution is 2.30. The zero-order valence-corrected chi connectivity index (χ0v) is 11.8. The monoisotopic (exact) mass is 294 g/mol. The highest BCUT2D eigenvalue weighted by molar-refractivity contribution is 7.85. The van der Waals surface area contributed by atoms with E-state index in [2.05, 4.69) is 10.1 Å². The van der Waals surface area contributed by atoms with E-state index in [4.69, 9.17) is 0 Å². The van der Waals surface area contributed by atoms with Crippen LogP contribution in [0.1, 0.15) is 10.4 Å². The largest absolute Gasteiger partial charge is 0.478 e. The Morgan fingerprint density at radius 2 is 2.05 bits per heavy atom. The minimum absolute atomic E-state index is 0.165. The van der Waals surface area contributed by atoms with E-state index >= 15 is 0 Å². The van der Waals surface area contributed by atoms with Crippen LogP contribution in [0.25, 0.3) is 11.0 Å². The van der Waals surface area contributed by atoms with E-state index < -0.39 is 16.8 Å². The summed E-state index contributed by atoms with van der Waals surface area (Å²) in [6, 6.07) is 0. The maximum absolute atomic E-state index is 11.5. The zero-order valence-electron chi connectivity index (χ0n) is 10.9. The first kappa shape index (κ1) is 13.0. The lowest BCUT2D eigenvalue weighted by Crippen LogP contribution is -2.38. The van der Waals surface area contributed by atoms with E-state index in [1.54, 1.807) is 17.9 Å². The van der Waals surface area contributed by atoms with Crippen molar-refractivity contribution in [3.63, 3.8) is 0 Å². The number of aromatic carboxylic acids is 1.